The predicted octanol–water partition coefficient (Wildman–Crippen LogP) is 1.45. The number of hydrogen-bond acceptors (Lipinski definition) is 4. The lowest BCUT2D eigenvalue weighted by molar-refractivity contribution is -0.126. The Morgan fingerprint density at radius 2 is 2.16 bits per heavy atom. The van der Waals surface area contributed by atoms with Crippen LogP contribution in [0.1, 0.15) is 23.7 Å². The molecule has 1 saturated heterocycles. The number of benzene rings is 1. The van der Waals surface area contributed by atoms with Gasteiger partial charge in [-0.15, -0.1) is 0 Å². The average molecular weight is 265 g/mol. The number of ether oxygens (including phenoxy) is 1. The number of aromatic carboxylic acids is 1. The molecule has 0 aliphatic carbocycles. The van der Waals surface area contributed by atoms with E-state index < -0.39 is 12.1 Å². The highest BCUT2D eigenvalue weighted by atomic mass is 16.5. The van der Waals surface area contributed by atoms with Crippen LogP contribution in [0.3, 0.4) is 0 Å². The maximum Gasteiger partial charge on any atom is 0.339 e. The summed E-state index contributed by atoms with van der Waals surface area (Å²) in [6.45, 7) is 2.49. The first kappa shape index (κ1) is 13.4. The Kier molecular flexibility index (Phi) is 3.71. The molecule has 2 rings (SSSR count). The van der Waals surface area contributed by atoms with Crippen molar-refractivity contribution in [2.24, 2.45) is 5.92 Å². The average Bonchev–Trinajstić information content (AvgIpc) is 2.75. The lowest BCUT2D eigenvalue weighted by Crippen LogP contribution is -2.31. The standard InChI is InChI=1S/C13H15NO5/c1-7-4-5-19-11(7)12(16)14-8-2-3-9(13(17)18)10(15)6-8/h2-3,6-7,11,15H,4-5H2,1H3,(H,14,16)(H,17,18). The molecule has 1 amide bonds. The highest BCUT2D eigenvalue weighted by Crippen LogP contribution is 2.24. The van der Waals surface area contributed by atoms with Crippen molar-refractivity contribution in [1.29, 1.82) is 0 Å². The van der Waals surface area contributed by atoms with E-state index in [4.69, 9.17) is 9.84 Å². The number of anilines is 1. The lowest BCUT2D eigenvalue weighted by atomic mass is 10.0. The molecule has 102 valence electrons. The van der Waals surface area contributed by atoms with Gasteiger partial charge >= 0.3 is 5.97 Å². The Bertz CT molecular complexity index is 514. The molecule has 0 radical (unpaired) electrons. The van der Waals surface area contributed by atoms with E-state index in [-0.39, 0.29) is 23.1 Å². The van der Waals surface area contributed by atoms with Gasteiger partial charge in [0.15, 0.2) is 0 Å². The van der Waals surface area contributed by atoms with Gasteiger partial charge < -0.3 is 20.3 Å². The minimum absolute atomic E-state index is 0.145. The van der Waals surface area contributed by atoms with E-state index >= 15 is 0 Å². The van der Waals surface area contributed by atoms with E-state index in [9.17, 15) is 14.7 Å². The van der Waals surface area contributed by atoms with Crippen molar-refractivity contribution in [1.82, 2.24) is 0 Å². The first-order valence-electron chi connectivity index (χ1n) is 5.98. The van der Waals surface area contributed by atoms with Crippen molar-refractivity contribution in [2.45, 2.75) is 19.4 Å². The van der Waals surface area contributed by atoms with Crippen LogP contribution >= 0.6 is 0 Å². The van der Waals surface area contributed by atoms with Crippen molar-refractivity contribution in [3.63, 3.8) is 0 Å². The van der Waals surface area contributed by atoms with Gasteiger partial charge in [0.05, 0.1) is 0 Å². The third-order valence-electron chi connectivity index (χ3n) is 3.14. The summed E-state index contributed by atoms with van der Waals surface area (Å²) in [5, 5.41) is 20.9. The topological polar surface area (TPSA) is 95.9 Å². The van der Waals surface area contributed by atoms with Crippen LogP contribution in [0.2, 0.25) is 0 Å². The summed E-state index contributed by atoms with van der Waals surface area (Å²) in [6.07, 6.45) is 0.336. The highest BCUT2D eigenvalue weighted by molar-refractivity contribution is 5.96. The number of carbonyl (C=O) groups is 2. The second-order valence-corrected chi connectivity index (χ2v) is 4.58. The van der Waals surface area contributed by atoms with Crippen molar-refractivity contribution >= 4 is 17.6 Å². The Labute approximate surface area is 110 Å². The van der Waals surface area contributed by atoms with E-state index in [0.717, 1.165) is 6.42 Å². The maximum absolute atomic E-state index is 11.9. The molecule has 1 heterocycles. The second-order valence-electron chi connectivity index (χ2n) is 4.58. The van der Waals surface area contributed by atoms with Crippen LogP contribution in [0, 0.1) is 5.92 Å². The van der Waals surface area contributed by atoms with Gasteiger partial charge in [-0.25, -0.2) is 4.79 Å². The first-order chi connectivity index (χ1) is 8.99. The zero-order chi connectivity index (χ0) is 14.0. The van der Waals surface area contributed by atoms with Crippen LogP contribution in [0.15, 0.2) is 18.2 Å². The highest BCUT2D eigenvalue weighted by Gasteiger charge is 2.30. The van der Waals surface area contributed by atoms with Gasteiger partial charge in [0.2, 0.25) is 0 Å². The molecular weight excluding hydrogens is 250 g/mol. The number of hydrogen-bond donors (Lipinski definition) is 3. The van der Waals surface area contributed by atoms with Crippen molar-refractivity contribution in [2.75, 3.05) is 11.9 Å². The molecule has 6 nitrogen and oxygen atoms in total. The summed E-state index contributed by atoms with van der Waals surface area (Å²) in [4.78, 5) is 22.7. The number of carbonyl (C=O) groups excluding carboxylic acids is 1. The molecule has 1 aliphatic rings. The van der Waals surface area contributed by atoms with Crippen molar-refractivity contribution in [3.8, 4) is 5.75 Å². The zero-order valence-electron chi connectivity index (χ0n) is 10.4. The minimum atomic E-state index is -1.22. The van der Waals surface area contributed by atoms with E-state index in [0.29, 0.717) is 12.3 Å². The number of phenols is 1. The third-order valence-corrected chi connectivity index (χ3v) is 3.14. The Hall–Kier alpha value is -2.08. The van der Waals surface area contributed by atoms with E-state index in [1.807, 2.05) is 6.92 Å². The normalized spacial score (nSPS) is 22.2. The molecule has 0 saturated carbocycles. The Morgan fingerprint density at radius 1 is 1.42 bits per heavy atom. The van der Waals surface area contributed by atoms with Gasteiger partial charge in [0.25, 0.3) is 5.91 Å². The lowest BCUT2D eigenvalue weighted by Gasteiger charge is -2.14. The number of aromatic hydroxyl groups is 1. The molecule has 1 aromatic carbocycles. The SMILES string of the molecule is CC1CCOC1C(=O)Nc1ccc(C(=O)O)c(O)c1. The fourth-order valence-corrected chi connectivity index (χ4v) is 2.03. The maximum atomic E-state index is 11.9. The van der Waals surface area contributed by atoms with Gasteiger partial charge in [-0.1, -0.05) is 6.92 Å². The molecule has 1 aliphatic heterocycles. The van der Waals surface area contributed by atoms with Crippen LogP contribution in [-0.2, 0) is 9.53 Å². The monoisotopic (exact) mass is 265 g/mol. The van der Waals surface area contributed by atoms with Crippen molar-refractivity contribution < 1.29 is 24.5 Å². The van der Waals surface area contributed by atoms with Crippen molar-refractivity contribution in [3.05, 3.63) is 23.8 Å². The van der Waals surface area contributed by atoms with Crippen LogP contribution in [-0.4, -0.2) is 34.8 Å². The summed E-state index contributed by atoms with van der Waals surface area (Å²) in [7, 11) is 0. The number of nitrogens with one attached hydrogen (secondary N) is 1. The molecule has 0 bridgehead atoms. The first-order valence-corrected chi connectivity index (χ1v) is 5.98. The molecular formula is C13H15NO5. The number of carboxylic acid groups (broad SMARTS) is 1. The summed E-state index contributed by atoms with van der Waals surface area (Å²) >= 11 is 0. The molecule has 3 N–H and O–H groups in total. The Balaban J connectivity index is 2.09. The predicted molar refractivity (Wildman–Crippen MR) is 67.2 cm³/mol. The van der Waals surface area contributed by atoms with E-state index in [2.05, 4.69) is 5.32 Å². The van der Waals surface area contributed by atoms with Gasteiger partial charge in [0, 0.05) is 18.4 Å². The largest absolute Gasteiger partial charge is 0.507 e. The molecule has 0 spiro atoms. The Morgan fingerprint density at radius 3 is 2.68 bits per heavy atom. The number of amides is 1. The summed E-state index contributed by atoms with van der Waals surface area (Å²) in [6, 6.07) is 3.88. The molecule has 1 aromatic rings. The van der Waals surface area contributed by atoms with Crippen LogP contribution < -0.4 is 5.32 Å². The fraction of sp³-hybridized carbons (Fsp3) is 0.385. The van der Waals surface area contributed by atoms with Crippen LogP contribution in [0.4, 0.5) is 5.69 Å². The third kappa shape index (κ3) is 2.85. The quantitative estimate of drug-likeness (QED) is 0.768. The van der Waals surface area contributed by atoms with Crippen LogP contribution in [0.5, 0.6) is 5.75 Å². The van der Waals surface area contributed by atoms with Gasteiger partial charge in [-0.2, -0.15) is 0 Å². The zero-order valence-corrected chi connectivity index (χ0v) is 10.4. The molecule has 2 atom stereocenters. The minimum Gasteiger partial charge on any atom is -0.507 e. The number of carboxylic acids is 1. The summed E-state index contributed by atoms with van der Waals surface area (Å²) < 4.78 is 5.32. The van der Waals surface area contributed by atoms with Gasteiger partial charge in [-0.3, -0.25) is 4.79 Å². The molecule has 0 aromatic heterocycles. The van der Waals surface area contributed by atoms with Gasteiger partial charge in [0.1, 0.15) is 17.4 Å². The molecule has 2 unspecified atom stereocenters. The molecule has 1 fully saturated rings. The summed E-state index contributed by atoms with van der Waals surface area (Å²) in [5.41, 5.74) is 0.138. The number of rotatable bonds is 3. The molecule has 19 heavy (non-hydrogen) atoms. The van der Waals surface area contributed by atoms with E-state index in [1.165, 1.54) is 18.2 Å². The summed E-state index contributed by atoms with van der Waals surface area (Å²) in [5.74, 6) is -1.74. The van der Waals surface area contributed by atoms with Crippen LogP contribution in [0.25, 0.3) is 0 Å². The van der Waals surface area contributed by atoms with Gasteiger partial charge in [-0.05, 0) is 24.5 Å². The fourth-order valence-electron chi connectivity index (χ4n) is 2.03. The second kappa shape index (κ2) is 5.27. The molecule has 6 heteroatoms. The smallest absolute Gasteiger partial charge is 0.339 e. The van der Waals surface area contributed by atoms with E-state index in [1.54, 1.807) is 0 Å².